The van der Waals surface area contributed by atoms with Crippen LogP contribution in [0.25, 0.3) is 0 Å². The monoisotopic (exact) mass is 356 g/mol. The summed E-state index contributed by atoms with van der Waals surface area (Å²) in [5, 5.41) is 0. The van der Waals surface area contributed by atoms with Gasteiger partial charge in [0.15, 0.2) is 5.76 Å². The summed E-state index contributed by atoms with van der Waals surface area (Å²) in [7, 11) is 0. The van der Waals surface area contributed by atoms with Gasteiger partial charge in [-0.3, -0.25) is 9.78 Å². The Labute approximate surface area is 153 Å². The normalized spacial score (nSPS) is 22.0. The Kier molecular flexibility index (Phi) is 4.78. The van der Waals surface area contributed by atoms with Gasteiger partial charge in [-0.05, 0) is 43.5 Å². The fraction of sp³-hybridized carbons (Fsp3) is 0.500. The third-order valence-electron chi connectivity index (χ3n) is 5.43. The summed E-state index contributed by atoms with van der Waals surface area (Å²) in [5.41, 5.74) is 1.85. The SMILES string of the molecule is Cc1ccoc1C(=O)N1CCC2(CC1)C[C@@H](OCc1ccncc1)CO2. The predicted molar refractivity (Wildman–Crippen MR) is 94.7 cm³/mol. The zero-order chi connectivity index (χ0) is 18.0. The third kappa shape index (κ3) is 3.52. The van der Waals surface area contributed by atoms with Gasteiger partial charge in [0.05, 0.1) is 31.2 Å². The van der Waals surface area contributed by atoms with Crippen LogP contribution in [0.15, 0.2) is 41.3 Å². The number of hydrogen-bond acceptors (Lipinski definition) is 5. The number of likely N-dealkylation sites (tertiary alicyclic amines) is 1. The van der Waals surface area contributed by atoms with Crippen LogP contribution in [0.3, 0.4) is 0 Å². The maximum Gasteiger partial charge on any atom is 0.289 e. The van der Waals surface area contributed by atoms with E-state index < -0.39 is 0 Å². The molecule has 0 N–H and O–H groups in total. The molecule has 6 nitrogen and oxygen atoms in total. The molecule has 0 radical (unpaired) electrons. The maximum atomic E-state index is 12.6. The minimum absolute atomic E-state index is 0.0224. The van der Waals surface area contributed by atoms with Crippen molar-refractivity contribution in [2.45, 2.75) is 44.5 Å². The molecule has 2 aliphatic rings. The average molecular weight is 356 g/mol. The van der Waals surface area contributed by atoms with E-state index in [1.807, 2.05) is 30.0 Å². The number of ether oxygens (including phenoxy) is 2. The lowest BCUT2D eigenvalue weighted by Crippen LogP contribution is -2.46. The summed E-state index contributed by atoms with van der Waals surface area (Å²) in [4.78, 5) is 18.5. The van der Waals surface area contributed by atoms with E-state index in [1.54, 1.807) is 18.7 Å². The number of aryl methyl sites for hydroxylation is 1. The summed E-state index contributed by atoms with van der Waals surface area (Å²) in [6.45, 7) is 4.48. The summed E-state index contributed by atoms with van der Waals surface area (Å²) < 4.78 is 17.5. The second kappa shape index (κ2) is 7.21. The van der Waals surface area contributed by atoms with Crippen LogP contribution < -0.4 is 0 Å². The number of nitrogens with zero attached hydrogens (tertiary/aromatic N) is 2. The molecule has 4 rings (SSSR count). The molecule has 0 unspecified atom stereocenters. The number of amides is 1. The van der Waals surface area contributed by atoms with Gasteiger partial charge < -0.3 is 18.8 Å². The van der Waals surface area contributed by atoms with Crippen LogP contribution in [0, 0.1) is 6.92 Å². The highest BCUT2D eigenvalue weighted by Crippen LogP contribution is 2.37. The Bertz CT molecular complexity index is 750. The standard InChI is InChI=1S/C20H24N2O4/c1-15-4-11-24-18(15)19(23)22-9-5-20(6-10-22)12-17(14-26-20)25-13-16-2-7-21-8-3-16/h2-4,7-8,11,17H,5-6,9-10,12-14H2,1H3/t17-/m1/s1. The number of furan rings is 1. The Morgan fingerprint density at radius 1 is 1.31 bits per heavy atom. The lowest BCUT2D eigenvalue weighted by atomic mass is 9.88. The highest BCUT2D eigenvalue weighted by atomic mass is 16.6. The van der Waals surface area contributed by atoms with E-state index in [0.717, 1.165) is 30.4 Å². The molecular formula is C20H24N2O4. The quantitative estimate of drug-likeness (QED) is 0.843. The lowest BCUT2D eigenvalue weighted by molar-refractivity contribution is -0.0416. The van der Waals surface area contributed by atoms with Gasteiger partial charge in [0.25, 0.3) is 5.91 Å². The molecule has 0 bridgehead atoms. The molecule has 2 saturated heterocycles. The zero-order valence-electron chi connectivity index (χ0n) is 15.0. The van der Waals surface area contributed by atoms with E-state index in [0.29, 0.717) is 32.1 Å². The summed E-state index contributed by atoms with van der Waals surface area (Å²) in [6.07, 6.45) is 7.80. The first-order chi connectivity index (χ1) is 12.7. The molecule has 1 spiro atoms. The zero-order valence-corrected chi connectivity index (χ0v) is 15.0. The lowest BCUT2D eigenvalue weighted by Gasteiger charge is -2.38. The molecule has 2 aromatic rings. The van der Waals surface area contributed by atoms with E-state index >= 15 is 0 Å². The van der Waals surface area contributed by atoms with Crippen LogP contribution in [-0.4, -0.2) is 47.2 Å². The van der Waals surface area contributed by atoms with Crippen LogP contribution in [0.1, 0.15) is 40.9 Å². The number of carbonyl (C=O) groups excluding carboxylic acids is 1. The number of aromatic nitrogens is 1. The smallest absolute Gasteiger partial charge is 0.289 e. The average Bonchev–Trinajstić information content (AvgIpc) is 3.27. The van der Waals surface area contributed by atoms with E-state index in [-0.39, 0.29) is 17.6 Å². The Hall–Kier alpha value is -2.18. The van der Waals surface area contributed by atoms with E-state index in [1.165, 1.54) is 0 Å². The highest BCUT2D eigenvalue weighted by Gasteiger charge is 2.44. The molecule has 138 valence electrons. The molecule has 2 aliphatic heterocycles. The summed E-state index contributed by atoms with van der Waals surface area (Å²) in [6, 6.07) is 5.75. The van der Waals surface area contributed by atoms with E-state index in [4.69, 9.17) is 13.9 Å². The van der Waals surface area contributed by atoms with Crippen molar-refractivity contribution in [1.82, 2.24) is 9.88 Å². The second-order valence-corrected chi connectivity index (χ2v) is 7.21. The van der Waals surface area contributed by atoms with Crippen LogP contribution in [0.2, 0.25) is 0 Å². The molecule has 2 fully saturated rings. The maximum absolute atomic E-state index is 12.6. The molecule has 1 amide bonds. The fourth-order valence-electron chi connectivity index (χ4n) is 3.80. The van der Waals surface area contributed by atoms with Gasteiger partial charge in [-0.1, -0.05) is 0 Å². The molecule has 26 heavy (non-hydrogen) atoms. The van der Waals surface area contributed by atoms with Crippen molar-refractivity contribution in [2.75, 3.05) is 19.7 Å². The van der Waals surface area contributed by atoms with Crippen molar-refractivity contribution in [3.8, 4) is 0 Å². The van der Waals surface area contributed by atoms with Gasteiger partial charge in [-0.25, -0.2) is 0 Å². The van der Waals surface area contributed by atoms with Crippen LogP contribution in [0.5, 0.6) is 0 Å². The minimum atomic E-state index is -0.155. The topological polar surface area (TPSA) is 64.8 Å². The fourth-order valence-corrected chi connectivity index (χ4v) is 3.80. The van der Waals surface area contributed by atoms with Crippen molar-refractivity contribution in [1.29, 1.82) is 0 Å². The number of hydrogen-bond donors (Lipinski definition) is 0. The van der Waals surface area contributed by atoms with Crippen molar-refractivity contribution in [3.05, 3.63) is 53.7 Å². The summed E-state index contributed by atoms with van der Waals surface area (Å²) >= 11 is 0. The van der Waals surface area contributed by atoms with Crippen molar-refractivity contribution in [3.63, 3.8) is 0 Å². The molecule has 1 atom stereocenters. The summed E-state index contributed by atoms with van der Waals surface area (Å²) in [5.74, 6) is 0.428. The molecule has 6 heteroatoms. The van der Waals surface area contributed by atoms with Crippen molar-refractivity contribution >= 4 is 5.91 Å². The largest absolute Gasteiger partial charge is 0.459 e. The predicted octanol–water partition coefficient (Wildman–Crippen LogP) is 2.96. The van der Waals surface area contributed by atoms with Gasteiger partial charge in [0.1, 0.15) is 0 Å². The number of carbonyl (C=O) groups is 1. The molecule has 4 heterocycles. The number of piperidine rings is 1. The first-order valence-electron chi connectivity index (χ1n) is 9.13. The molecule has 0 saturated carbocycles. The van der Waals surface area contributed by atoms with Gasteiger partial charge in [-0.15, -0.1) is 0 Å². The Morgan fingerprint density at radius 2 is 2.08 bits per heavy atom. The third-order valence-corrected chi connectivity index (χ3v) is 5.43. The van der Waals surface area contributed by atoms with E-state index in [2.05, 4.69) is 4.98 Å². The first kappa shape index (κ1) is 17.2. The minimum Gasteiger partial charge on any atom is -0.459 e. The van der Waals surface area contributed by atoms with Crippen LogP contribution >= 0.6 is 0 Å². The second-order valence-electron chi connectivity index (χ2n) is 7.21. The molecule has 0 aromatic carbocycles. The van der Waals surface area contributed by atoms with Gasteiger partial charge >= 0.3 is 0 Å². The van der Waals surface area contributed by atoms with Gasteiger partial charge in [0, 0.05) is 37.5 Å². The van der Waals surface area contributed by atoms with Crippen molar-refractivity contribution < 1.29 is 18.7 Å². The number of pyridine rings is 1. The molecule has 2 aromatic heterocycles. The van der Waals surface area contributed by atoms with Crippen molar-refractivity contribution in [2.24, 2.45) is 0 Å². The van der Waals surface area contributed by atoms with Gasteiger partial charge in [-0.2, -0.15) is 0 Å². The Balaban J connectivity index is 1.29. The van der Waals surface area contributed by atoms with Crippen LogP contribution in [0.4, 0.5) is 0 Å². The molecular weight excluding hydrogens is 332 g/mol. The first-order valence-corrected chi connectivity index (χ1v) is 9.13. The number of rotatable bonds is 4. The molecule has 0 aliphatic carbocycles. The van der Waals surface area contributed by atoms with E-state index in [9.17, 15) is 4.79 Å². The highest BCUT2D eigenvalue weighted by molar-refractivity contribution is 5.92. The van der Waals surface area contributed by atoms with Crippen LogP contribution in [-0.2, 0) is 16.1 Å². The van der Waals surface area contributed by atoms with Gasteiger partial charge in [0.2, 0.25) is 0 Å². The Morgan fingerprint density at radius 3 is 2.77 bits per heavy atom.